The molecule has 2 heterocycles. The van der Waals surface area contributed by atoms with Gasteiger partial charge in [0.1, 0.15) is 5.75 Å². The molecule has 1 aromatic rings. The minimum atomic E-state index is -0.896. The van der Waals surface area contributed by atoms with Crippen molar-refractivity contribution < 1.29 is 29.0 Å². The third kappa shape index (κ3) is 4.92. The number of phenols is 1. The van der Waals surface area contributed by atoms with Crippen molar-refractivity contribution in [2.24, 2.45) is 17.8 Å². The summed E-state index contributed by atoms with van der Waals surface area (Å²) in [5.74, 6) is -1.87. The van der Waals surface area contributed by atoms with E-state index in [-0.39, 0.29) is 17.8 Å². The third-order valence-electron chi connectivity index (χ3n) is 7.48. The molecule has 4 rings (SSSR count). The SMILES string of the molecule is CCCC1=C2[C@@H](CC/C(=C/c3ccc(O)cc3)CCC)OC[C@@H]2[C@@H]2C(=O)N(C(=O)OC)C(=O)[C@@H]2C1. The van der Waals surface area contributed by atoms with Crippen LogP contribution in [-0.2, 0) is 19.1 Å². The first-order valence-corrected chi connectivity index (χ1v) is 12.7. The van der Waals surface area contributed by atoms with Crippen LogP contribution in [0.4, 0.5) is 4.79 Å². The highest BCUT2D eigenvalue weighted by Crippen LogP contribution is 2.50. The number of aromatic hydroxyl groups is 1. The second-order valence-corrected chi connectivity index (χ2v) is 9.74. The molecule has 0 bridgehead atoms. The number of phenolic OH excluding ortho intramolecular Hbond substituents is 1. The lowest BCUT2D eigenvalue weighted by atomic mass is 9.68. The Hall–Kier alpha value is -2.93. The Labute approximate surface area is 206 Å². The molecule has 7 nitrogen and oxygen atoms in total. The Kier molecular flexibility index (Phi) is 7.75. The Morgan fingerprint density at radius 2 is 1.86 bits per heavy atom. The predicted molar refractivity (Wildman–Crippen MR) is 131 cm³/mol. The average Bonchev–Trinajstić information content (AvgIpc) is 3.37. The molecule has 35 heavy (non-hydrogen) atoms. The van der Waals surface area contributed by atoms with E-state index >= 15 is 0 Å². The van der Waals surface area contributed by atoms with Gasteiger partial charge in [-0.25, -0.2) is 4.79 Å². The number of likely N-dealkylation sites (tertiary alicyclic amines) is 1. The number of rotatable bonds is 8. The highest BCUT2D eigenvalue weighted by Gasteiger charge is 2.58. The van der Waals surface area contributed by atoms with Crippen LogP contribution in [0.2, 0.25) is 0 Å². The van der Waals surface area contributed by atoms with Crippen LogP contribution in [0.1, 0.15) is 64.4 Å². The summed E-state index contributed by atoms with van der Waals surface area (Å²) in [5, 5.41) is 9.56. The summed E-state index contributed by atoms with van der Waals surface area (Å²) in [7, 11) is 1.19. The average molecular weight is 482 g/mol. The summed E-state index contributed by atoms with van der Waals surface area (Å²) >= 11 is 0. The second kappa shape index (κ2) is 10.8. The van der Waals surface area contributed by atoms with Crippen molar-refractivity contribution in [3.63, 3.8) is 0 Å². The van der Waals surface area contributed by atoms with Crippen LogP contribution < -0.4 is 0 Å². The van der Waals surface area contributed by atoms with Crippen LogP contribution in [0.5, 0.6) is 5.75 Å². The molecular weight excluding hydrogens is 446 g/mol. The number of methoxy groups -OCH3 is 1. The van der Waals surface area contributed by atoms with Crippen molar-refractivity contribution >= 4 is 24.0 Å². The fourth-order valence-corrected chi connectivity index (χ4v) is 6.00. The number of benzene rings is 1. The maximum absolute atomic E-state index is 13.1. The zero-order valence-electron chi connectivity index (χ0n) is 20.8. The highest BCUT2D eigenvalue weighted by atomic mass is 16.5. The van der Waals surface area contributed by atoms with Crippen molar-refractivity contribution in [1.82, 2.24) is 4.90 Å². The van der Waals surface area contributed by atoms with Gasteiger partial charge in [0.25, 0.3) is 0 Å². The number of carbonyl (C=O) groups excluding carboxylic acids is 3. The van der Waals surface area contributed by atoms with Gasteiger partial charge < -0.3 is 14.6 Å². The molecule has 0 spiro atoms. The maximum Gasteiger partial charge on any atom is 0.423 e. The predicted octanol–water partition coefficient (Wildman–Crippen LogP) is 5.24. The van der Waals surface area contributed by atoms with Gasteiger partial charge in [-0.2, -0.15) is 4.90 Å². The van der Waals surface area contributed by atoms with Crippen LogP contribution in [-0.4, -0.2) is 47.7 Å². The monoisotopic (exact) mass is 481 g/mol. The molecule has 3 aliphatic rings. The molecule has 1 aromatic carbocycles. The van der Waals surface area contributed by atoms with Crippen LogP contribution in [0, 0.1) is 17.8 Å². The summed E-state index contributed by atoms with van der Waals surface area (Å²) in [6.07, 6.45) is 7.20. The van der Waals surface area contributed by atoms with Crippen LogP contribution >= 0.6 is 0 Å². The quantitative estimate of drug-likeness (QED) is 0.403. The molecule has 2 fully saturated rings. The van der Waals surface area contributed by atoms with E-state index < -0.39 is 29.7 Å². The maximum atomic E-state index is 13.1. The molecule has 0 radical (unpaired) electrons. The van der Waals surface area contributed by atoms with Gasteiger partial charge in [-0.15, -0.1) is 0 Å². The van der Waals surface area contributed by atoms with E-state index in [1.165, 1.54) is 23.8 Å². The molecule has 1 aliphatic carbocycles. The van der Waals surface area contributed by atoms with E-state index in [0.717, 1.165) is 44.1 Å². The minimum Gasteiger partial charge on any atom is -0.508 e. The van der Waals surface area contributed by atoms with Crippen molar-refractivity contribution in [1.29, 1.82) is 0 Å². The lowest BCUT2D eigenvalue weighted by Gasteiger charge is -2.32. The molecule has 7 heteroatoms. The first-order valence-electron chi connectivity index (χ1n) is 12.7. The molecule has 3 amide bonds. The molecule has 0 aromatic heterocycles. The molecule has 188 valence electrons. The van der Waals surface area contributed by atoms with Gasteiger partial charge in [0.05, 0.1) is 31.7 Å². The molecule has 2 aliphatic heterocycles. The molecule has 2 saturated heterocycles. The fraction of sp³-hybridized carbons (Fsp3) is 0.536. The minimum absolute atomic E-state index is 0.0855. The number of hydrogen-bond donors (Lipinski definition) is 1. The van der Waals surface area contributed by atoms with E-state index in [1.54, 1.807) is 12.1 Å². The second-order valence-electron chi connectivity index (χ2n) is 9.74. The van der Waals surface area contributed by atoms with Crippen LogP contribution in [0.25, 0.3) is 6.08 Å². The largest absolute Gasteiger partial charge is 0.508 e. The molecule has 0 saturated carbocycles. The highest BCUT2D eigenvalue weighted by molar-refractivity contribution is 6.16. The Morgan fingerprint density at radius 3 is 2.51 bits per heavy atom. The van der Waals surface area contributed by atoms with Gasteiger partial charge in [-0.3, -0.25) is 9.59 Å². The molecule has 4 atom stereocenters. The molecule has 0 unspecified atom stereocenters. The van der Waals surface area contributed by atoms with Gasteiger partial charge in [-0.1, -0.05) is 56.0 Å². The Bertz CT molecular complexity index is 1040. The van der Waals surface area contributed by atoms with Gasteiger partial charge >= 0.3 is 6.09 Å². The lowest BCUT2D eigenvalue weighted by molar-refractivity contribution is -0.137. The third-order valence-corrected chi connectivity index (χ3v) is 7.48. The molecular formula is C28H35NO6. The smallest absolute Gasteiger partial charge is 0.423 e. The fourth-order valence-electron chi connectivity index (χ4n) is 6.00. The Balaban J connectivity index is 1.56. The van der Waals surface area contributed by atoms with Gasteiger partial charge in [-0.05, 0) is 55.4 Å². The van der Waals surface area contributed by atoms with Gasteiger partial charge in [0.2, 0.25) is 11.8 Å². The zero-order valence-corrected chi connectivity index (χ0v) is 20.8. The number of fused-ring (bicyclic) bond motifs is 3. The van der Waals surface area contributed by atoms with Crippen LogP contribution in [0.3, 0.4) is 0 Å². The standard InChI is InChI=1S/C28H35NO6/c1-4-6-17(14-18-8-11-20(30)12-9-18)10-13-23-24-19(7-5-2)15-21-25(22(24)16-35-23)27(32)29(26(21)31)28(33)34-3/h8-9,11-12,14,21-23,25,30H,4-7,10,13,15-16H2,1-3H3/b17-14+/t21-,22+,23-,25-/m1/s1. The van der Waals surface area contributed by atoms with Crippen molar-refractivity contribution in [2.45, 2.75) is 64.9 Å². The van der Waals surface area contributed by atoms with E-state index in [0.29, 0.717) is 17.9 Å². The zero-order chi connectivity index (χ0) is 25.1. The Morgan fingerprint density at radius 1 is 1.11 bits per heavy atom. The topological polar surface area (TPSA) is 93.1 Å². The number of ether oxygens (including phenoxy) is 2. The van der Waals surface area contributed by atoms with E-state index in [1.807, 2.05) is 12.1 Å². The van der Waals surface area contributed by atoms with Crippen molar-refractivity contribution in [3.8, 4) is 5.75 Å². The summed E-state index contributed by atoms with van der Waals surface area (Å²) < 4.78 is 11.0. The van der Waals surface area contributed by atoms with Crippen LogP contribution in [0.15, 0.2) is 41.0 Å². The van der Waals surface area contributed by atoms with E-state index in [4.69, 9.17) is 9.47 Å². The summed E-state index contributed by atoms with van der Waals surface area (Å²) in [4.78, 5) is 39.0. The lowest BCUT2D eigenvalue weighted by Crippen LogP contribution is -2.38. The number of nitrogens with zero attached hydrogens (tertiary/aromatic N) is 1. The van der Waals surface area contributed by atoms with Gasteiger partial charge in [0.15, 0.2) is 0 Å². The van der Waals surface area contributed by atoms with E-state index in [2.05, 4.69) is 19.9 Å². The number of allylic oxidation sites excluding steroid dienone is 2. The number of carbonyl (C=O) groups is 3. The van der Waals surface area contributed by atoms with E-state index in [9.17, 15) is 19.5 Å². The number of hydrogen-bond acceptors (Lipinski definition) is 6. The number of amides is 3. The van der Waals surface area contributed by atoms with Gasteiger partial charge in [0, 0.05) is 5.92 Å². The number of imide groups is 3. The first kappa shape index (κ1) is 25.2. The summed E-state index contributed by atoms with van der Waals surface area (Å²) in [6, 6.07) is 7.20. The van der Waals surface area contributed by atoms with Crippen molar-refractivity contribution in [3.05, 3.63) is 46.5 Å². The summed E-state index contributed by atoms with van der Waals surface area (Å²) in [5.41, 5.74) is 4.77. The normalized spacial score (nSPS) is 26.3. The van der Waals surface area contributed by atoms with Crippen molar-refractivity contribution in [2.75, 3.05) is 13.7 Å². The summed E-state index contributed by atoms with van der Waals surface area (Å²) in [6.45, 7) is 4.67. The first-order chi connectivity index (χ1) is 16.9. The molecule has 1 N–H and O–H groups in total.